The van der Waals surface area contributed by atoms with Crippen molar-refractivity contribution in [1.82, 2.24) is 4.98 Å². The van der Waals surface area contributed by atoms with Crippen molar-refractivity contribution in [2.45, 2.75) is 31.1 Å². The number of ether oxygens (including phenoxy) is 2. The fraction of sp³-hybridized carbons (Fsp3) is 0.200. The lowest BCUT2D eigenvalue weighted by atomic mass is 10.1. The first-order valence-corrected chi connectivity index (χ1v) is 13.3. The number of esters is 2. The zero-order valence-corrected chi connectivity index (χ0v) is 22.0. The molecule has 0 atom stereocenters. The number of pyridine rings is 1. The van der Waals surface area contributed by atoms with Crippen LogP contribution in [0.1, 0.15) is 36.5 Å². The number of aromatic nitrogens is 1. The summed E-state index contributed by atoms with van der Waals surface area (Å²) in [6.07, 6.45) is 3.13. The number of hydrogen-bond donors (Lipinski definition) is 2. The molecule has 13 heteroatoms. The van der Waals surface area contributed by atoms with Crippen LogP contribution in [-0.2, 0) is 19.6 Å². The third-order valence-corrected chi connectivity index (χ3v) is 6.31. The summed E-state index contributed by atoms with van der Waals surface area (Å²) < 4.78 is 37.9. The fourth-order valence-corrected chi connectivity index (χ4v) is 4.03. The minimum Gasteiger partial charge on any atom is -0.455 e. The number of thiocarbonyl (C=S) groups is 1. The number of benzene rings is 2. The highest BCUT2D eigenvalue weighted by Crippen LogP contribution is 2.28. The van der Waals surface area contributed by atoms with Crippen LogP contribution in [-0.4, -0.2) is 36.9 Å². The predicted molar refractivity (Wildman–Crippen MR) is 144 cm³/mol. The minimum atomic E-state index is -3.84. The monoisotopic (exact) mass is 555 g/mol. The number of carbonyl (C=O) groups is 2. The van der Waals surface area contributed by atoms with Crippen molar-refractivity contribution in [3.8, 4) is 5.75 Å². The van der Waals surface area contributed by atoms with Gasteiger partial charge in [0.2, 0.25) is 0 Å². The van der Waals surface area contributed by atoms with Gasteiger partial charge in [-0.1, -0.05) is 31.6 Å². The maximum atomic E-state index is 12.6. The standard InChI is InChI=1S/C25H25N5O6S2/c1-2-3-7-24(31)36-21-13-10-18(15-20(21)25(32)35-16-22(26)37)29-28-17-8-11-19(12-9-17)38(33,34)30-23-6-4-5-14-27-23/h4-6,8-15H,2-3,7,16H2,1H3,(H2,26,37)(H,27,30)/b29-28+. The van der Waals surface area contributed by atoms with Crippen LogP contribution in [0.4, 0.5) is 17.2 Å². The zero-order valence-electron chi connectivity index (χ0n) is 20.4. The zero-order chi connectivity index (χ0) is 27.5. The first-order chi connectivity index (χ1) is 18.2. The van der Waals surface area contributed by atoms with E-state index in [1.165, 1.54) is 54.7 Å². The Hall–Kier alpha value is -4.23. The Morgan fingerprint density at radius 3 is 2.42 bits per heavy atom. The molecule has 3 aromatic rings. The van der Waals surface area contributed by atoms with Gasteiger partial charge in [-0.15, -0.1) is 0 Å². The smallest absolute Gasteiger partial charge is 0.342 e. The number of anilines is 1. The van der Waals surface area contributed by atoms with Gasteiger partial charge in [-0.25, -0.2) is 18.2 Å². The molecule has 0 saturated carbocycles. The second-order valence-electron chi connectivity index (χ2n) is 7.81. The molecule has 0 aliphatic heterocycles. The van der Waals surface area contributed by atoms with Crippen molar-refractivity contribution < 1.29 is 27.5 Å². The third kappa shape index (κ3) is 8.42. The van der Waals surface area contributed by atoms with Crippen LogP contribution in [0.2, 0.25) is 0 Å². The molecule has 0 amide bonds. The van der Waals surface area contributed by atoms with Crippen molar-refractivity contribution >= 4 is 56.4 Å². The summed E-state index contributed by atoms with van der Waals surface area (Å²) in [5, 5.41) is 8.18. The highest BCUT2D eigenvalue weighted by atomic mass is 32.2. The number of unbranched alkanes of at least 4 members (excludes halogenated alkanes) is 1. The van der Waals surface area contributed by atoms with E-state index in [-0.39, 0.29) is 45.7 Å². The number of nitrogens with one attached hydrogen (secondary N) is 1. The van der Waals surface area contributed by atoms with Gasteiger partial charge in [-0.3, -0.25) is 9.52 Å². The van der Waals surface area contributed by atoms with E-state index in [1.54, 1.807) is 12.1 Å². The summed E-state index contributed by atoms with van der Waals surface area (Å²) in [5.74, 6) is -1.09. The topological polar surface area (TPSA) is 162 Å². The van der Waals surface area contributed by atoms with Crippen LogP contribution >= 0.6 is 12.2 Å². The predicted octanol–water partition coefficient (Wildman–Crippen LogP) is 4.84. The van der Waals surface area contributed by atoms with Crippen molar-refractivity contribution in [3.63, 3.8) is 0 Å². The summed E-state index contributed by atoms with van der Waals surface area (Å²) in [7, 11) is -3.84. The number of hydrogen-bond acceptors (Lipinski definition) is 10. The summed E-state index contributed by atoms with van der Waals surface area (Å²) in [6, 6.07) is 14.8. The molecule has 3 N–H and O–H groups in total. The van der Waals surface area contributed by atoms with Crippen LogP contribution in [0.25, 0.3) is 0 Å². The average Bonchev–Trinajstić information content (AvgIpc) is 2.90. The lowest BCUT2D eigenvalue weighted by Crippen LogP contribution is -2.20. The number of carbonyl (C=O) groups excluding carboxylic acids is 2. The van der Waals surface area contributed by atoms with E-state index in [0.717, 1.165) is 6.42 Å². The Labute approximate surface area is 225 Å². The third-order valence-electron chi connectivity index (χ3n) is 4.82. The van der Waals surface area contributed by atoms with E-state index >= 15 is 0 Å². The van der Waals surface area contributed by atoms with Gasteiger partial charge >= 0.3 is 11.9 Å². The molecule has 2 aromatic carbocycles. The Bertz CT molecular complexity index is 1430. The lowest BCUT2D eigenvalue weighted by Gasteiger charge is -2.10. The van der Waals surface area contributed by atoms with E-state index in [0.29, 0.717) is 12.1 Å². The molecule has 0 fully saturated rings. The van der Waals surface area contributed by atoms with Gasteiger partial charge in [-0.2, -0.15) is 10.2 Å². The van der Waals surface area contributed by atoms with E-state index < -0.39 is 22.0 Å². The van der Waals surface area contributed by atoms with E-state index in [4.69, 9.17) is 27.4 Å². The van der Waals surface area contributed by atoms with Crippen LogP contribution in [0.15, 0.2) is 82.0 Å². The molecule has 198 valence electrons. The number of sulfonamides is 1. The van der Waals surface area contributed by atoms with Gasteiger partial charge in [0.15, 0.2) is 0 Å². The van der Waals surface area contributed by atoms with E-state index in [9.17, 15) is 18.0 Å². The number of azo groups is 1. The van der Waals surface area contributed by atoms with Crippen LogP contribution < -0.4 is 15.2 Å². The summed E-state index contributed by atoms with van der Waals surface area (Å²) in [4.78, 5) is 28.6. The highest BCUT2D eigenvalue weighted by Gasteiger charge is 2.18. The normalized spacial score (nSPS) is 11.2. The van der Waals surface area contributed by atoms with E-state index in [2.05, 4.69) is 19.9 Å². The van der Waals surface area contributed by atoms with E-state index in [1.807, 2.05) is 6.92 Å². The van der Waals surface area contributed by atoms with Crippen molar-refractivity contribution in [2.75, 3.05) is 11.3 Å². The first-order valence-electron chi connectivity index (χ1n) is 11.4. The summed E-state index contributed by atoms with van der Waals surface area (Å²) in [5.41, 5.74) is 5.96. The molecule has 0 bridgehead atoms. The lowest BCUT2D eigenvalue weighted by molar-refractivity contribution is -0.134. The maximum absolute atomic E-state index is 12.6. The largest absolute Gasteiger partial charge is 0.455 e. The van der Waals surface area contributed by atoms with Crippen LogP contribution in [0, 0.1) is 0 Å². The Kier molecular flexibility index (Phi) is 9.96. The van der Waals surface area contributed by atoms with Gasteiger partial charge in [0.25, 0.3) is 10.0 Å². The molecular weight excluding hydrogens is 530 g/mol. The Balaban J connectivity index is 1.78. The van der Waals surface area contributed by atoms with Crippen LogP contribution in [0.3, 0.4) is 0 Å². The molecule has 11 nitrogen and oxygen atoms in total. The average molecular weight is 556 g/mol. The highest BCUT2D eigenvalue weighted by molar-refractivity contribution is 7.92. The van der Waals surface area contributed by atoms with Crippen molar-refractivity contribution in [2.24, 2.45) is 16.0 Å². The second kappa shape index (κ2) is 13.4. The molecule has 0 spiro atoms. The van der Waals surface area contributed by atoms with Crippen molar-refractivity contribution in [1.29, 1.82) is 0 Å². The summed E-state index contributed by atoms with van der Waals surface area (Å²) in [6.45, 7) is 1.66. The fourth-order valence-electron chi connectivity index (χ4n) is 2.97. The van der Waals surface area contributed by atoms with Crippen LogP contribution in [0.5, 0.6) is 5.75 Å². The first kappa shape index (κ1) is 28.3. The molecular formula is C25H25N5O6S2. The number of rotatable bonds is 12. The Morgan fingerprint density at radius 1 is 1.05 bits per heavy atom. The quantitative estimate of drug-likeness (QED) is 0.138. The SMILES string of the molecule is CCCCC(=O)Oc1ccc(/N=N/c2ccc(S(=O)(=O)Nc3ccccn3)cc2)cc1C(=O)OCC(N)=S. The molecule has 0 radical (unpaired) electrons. The molecule has 3 rings (SSSR count). The van der Waals surface area contributed by atoms with Gasteiger partial charge < -0.3 is 15.2 Å². The molecule has 0 saturated heterocycles. The minimum absolute atomic E-state index is 0.00737. The molecule has 1 heterocycles. The number of nitrogens with zero attached hydrogens (tertiary/aromatic N) is 3. The van der Waals surface area contributed by atoms with Gasteiger partial charge in [0.1, 0.15) is 28.7 Å². The van der Waals surface area contributed by atoms with Gasteiger partial charge in [0, 0.05) is 12.6 Å². The molecule has 0 aliphatic carbocycles. The van der Waals surface area contributed by atoms with Crippen molar-refractivity contribution in [3.05, 3.63) is 72.4 Å². The second-order valence-corrected chi connectivity index (χ2v) is 10.0. The van der Waals surface area contributed by atoms with Gasteiger partial charge in [0.05, 0.1) is 16.3 Å². The number of nitrogens with two attached hydrogens (primary N) is 1. The maximum Gasteiger partial charge on any atom is 0.342 e. The molecule has 38 heavy (non-hydrogen) atoms. The molecule has 1 aromatic heterocycles. The van der Waals surface area contributed by atoms with Gasteiger partial charge in [-0.05, 0) is 61.0 Å². The Morgan fingerprint density at radius 2 is 1.76 bits per heavy atom. The summed E-state index contributed by atoms with van der Waals surface area (Å²) >= 11 is 4.74. The molecule has 0 unspecified atom stereocenters. The molecule has 0 aliphatic rings.